The third kappa shape index (κ3) is 3.70. The Morgan fingerprint density at radius 3 is 2.43 bits per heavy atom. The summed E-state index contributed by atoms with van der Waals surface area (Å²) in [5, 5.41) is 4.66. The van der Waals surface area contributed by atoms with Gasteiger partial charge in [0, 0.05) is 18.6 Å². The fourth-order valence-electron chi connectivity index (χ4n) is 2.38. The van der Waals surface area contributed by atoms with Gasteiger partial charge in [-0.05, 0) is 43.3 Å². The third-order valence-electron chi connectivity index (χ3n) is 3.71. The SMILES string of the molecule is CNCc1ccc(N(C)C(C)c2ccccc2Cl)c(Cl)c1. The molecule has 0 aromatic heterocycles. The van der Waals surface area contributed by atoms with E-state index in [1.807, 2.05) is 44.4 Å². The Morgan fingerprint density at radius 2 is 1.81 bits per heavy atom. The van der Waals surface area contributed by atoms with Crippen LogP contribution in [0.25, 0.3) is 0 Å². The van der Waals surface area contributed by atoms with E-state index in [0.29, 0.717) is 0 Å². The number of halogens is 2. The lowest BCUT2D eigenvalue weighted by atomic mass is 10.1. The Balaban J connectivity index is 2.27. The lowest BCUT2D eigenvalue weighted by Gasteiger charge is -2.29. The van der Waals surface area contributed by atoms with E-state index in [1.54, 1.807) is 0 Å². The Hall–Kier alpha value is -1.22. The summed E-state index contributed by atoms with van der Waals surface area (Å²) in [6.45, 7) is 2.93. The van der Waals surface area contributed by atoms with Crippen molar-refractivity contribution >= 4 is 28.9 Å². The largest absolute Gasteiger partial charge is 0.367 e. The van der Waals surface area contributed by atoms with E-state index in [9.17, 15) is 0 Å². The zero-order chi connectivity index (χ0) is 15.4. The zero-order valence-electron chi connectivity index (χ0n) is 12.5. The van der Waals surface area contributed by atoms with Crippen molar-refractivity contribution in [1.29, 1.82) is 0 Å². The number of anilines is 1. The summed E-state index contributed by atoms with van der Waals surface area (Å²) in [6.07, 6.45) is 0. The van der Waals surface area contributed by atoms with Gasteiger partial charge < -0.3 is 10.2 Å². The number of hydrogen-bond donors (Lipinski definition) is 1. The van der Waals surface area contributed by atoms with Gasteiger partial charge >= 0.3 is 0 Å². The maximum absolute atomic E-state index is 6.43. The van der Waals surface area contributed by atoms with Crippen LogP contribution in [0, 0.1) is 0 Å². The third-order valence-corrected chi connectivity index (χ3v) is 4.36. The van der Waals surface area contributed by atoms with E-state index < -0.39 is 0 Å². The van der Waals surface area contributed by atoms with Crippen molar-refractivity contribution in [3.8, 4) is 0 Å². The van der Waals surface area contributed by atoms with Gasteiger partial charge in [0.25, 0.3) is 0 Å². The number of nitrogens with one attached hydrogen (secondary N) is 1. The second-order valence-corrected chi connectivity index (χ2v) is 5.94. The highest BCUT2D eigenvalue weighted by Crippen LogP contribution is 2.34. The van der Waals surface area contributed by atoms with Crippen LogP contribution >= 0.6 is 23.2 Å². The van der Waals surface area contributed by atoms with Crippen LogP contribution in [-0.2, 0) is 6.54 Å². The van der Waals surface area contributed by atoms with Crippen molar-refractivity contribution in [3.63, 3.8) is 0 Å². The van der Waals surface area contributed by atoms with Crippen molar-refractivity contribution in [2.75, 3.05) is 19.0 Å². The van der Waals surface area contributed by atoms with Crippen LogP contribution in [0.2, 0.25) is 10.0 Å². The highest BCUT2D eigenvalue weighted by atomic mass is 35.5. The summed E-state index contributed by atoms with van der Waals surface area (Å²) >= 11 is 12.7. The second-order valence-electron chi connectivity index (χ2n) is 5.12. The maximum Gasteiger partial charge on any atom is 0.0642 e. The van der Waals surface area contributed by atoms with Gasteiger partial charge in [0.2, 0.25) is 0 Å². The minimum absolute atomic E-state index is 0.145. The summed E-state index contributed by atoms with van der Waals surface area (Å²) in [5.74, 6) is 0. The molecule has 0 aliphatic carbocycles. The average Bonchev–Trinajstić information content (AvgIpc) is 2.47. The summed E-state index contributed by atoms with van der Waals surface area (Å²) in [5.41, 5.74) is 3.27. The lowest BCUT2D eigenvalue weighted by molar-refractivity contribution is 0.739. The summed E-state index contributed by atoms with van der Waals surface area (Å²) in [4.78, 5) is 2.15. The van der Waals surface area contributed by atoms with Gasteiger partial charge in [0.05, 0.1) is 16.8 Å². The molecule has 0 bridgehead atoms. The minimum atomic E-state index is 0.145. The summed E-state index contributed by atoms with van der Waals surface area (Å²) < 4.78 is 0. The van der Waals surface area contributed by atoms with Crippen molar-refractivity contribution < 1.29 is 0 Å². The lowest BCUT2D eigenvalue weighted by Crippen LogP contribution is -2.22. The molecule has 2 aromatic rings. The highest BCUT2D eigenvalue weighted by molar-refractivity contribution is 6.33. The number of hydrogen-bond acceptors (Lipinski definition) is 2. The number of nitrogens with zero attached hydrogens (tertiary/aromatic N) is 1. The van der Waals surface area contributed by atoms with Crippen LogP contribution in [0.3, 0.4) is 0 Å². The molecule has 0 fully saturated rings. The van der Waals surface area contributed by atoms with Crippen LogP contribution in [0.5, 0.6) is 0 Å². The van der Waals surface area contributed by atoms with Gasteiger partial charge in [-0.15, -0.1) is 0 Å². The summed E-state index contributed by atoms with van der Waals surface area (Å²) in [7, 11) is 3.96. The van der Waals surface area contributed by atoms with E-state index in [2.05, 4.69) is 29.3 Å². The maximum atomic E-state index is 6.43. The van der Waals surface area contributed by atoms with Crippen LogP contribution in [0.15, 0.2) is 42.5 Å². The van der Waals surface area contributed by atoms with Gasteiger partial charge in [-0.1, -0.05) is 47.5 Å². The Labute approximate surface area is 136 Å². The van der Waals surface area contributed by atoms with Crippen molar-refractivity contribution in [3.05, 3.63) is 63.6 Å². The zero-order valence-corrected chi connectivity index (χ0v) is 14.0. The van der Waals surface area contributed by atoms with Crippen LogP contribution in [0.4, 0.5) is 5.69 Å². The minimum Gasteiger partial charge on any atom is -0.367 e. The molecule has 0 saturated heterocycles. The average molecular weight is 323 g/mol. The van der Waals surface area contributed by atoms with Gasteiger partial charge in [-0.25, -0.2) is 0 Å². The van der Waals surface area contributed by atoms with Crippen molar-refractivity contribution in [2.45, 2.75) is 19.5 Å². The van der Waals surface area contributed by atoms with E-state index in [4.69, 9.17) is 23.2 Å². The Morgan fingerprint density at radius 1 is 1.10 bits per heavy atom. The molecular weight excluding hydrogens is 303 g/mol. The predicted molar refractivity (Wildman–Crippen MR) is 92.5 cm³/mol. The molecule has 4 heteroatoms. The van der Waals surface area contributed by atoms with E-state index in [0.717, 1.165) is 27.8 Å². The quantitative estimate of drug-likeness (QED) is 0.841. The predicted octanol–water partition coefficient (Wildman–Crippen LogP) is 4.91. The Kier molecular flexibility index (Phi) is 5.51. The van der Waals surface area contributed by atoms with Crippen LogP contribution in [-0.4, -0.2) is 14.1 Å². The fourth-order valence-corrected chi connectivity index (χ4v) is 3.01. The standard InChI is InChI=1S/C17H20Cl2N2/c1-12(14-6-4-5-7-15(14)18)21(3)17-9-8-13(11-20-2)10-16(17)19/h4-10,12,20H,11H2,1-3H3. The Bertz CT molecular complexity index is 613. The molecule has 21 heavy (non-hydrogen) atoms. The van der Waals surface area contributed by atoms with E-state index in [1.165, 1.54) is 5.56 Å². The molecule has 0 saturated carbocycles. The molecule has 2 nitrogen and oxygen atoms in total. The van der Waals surface area contributed by atoms with Crippen LogP contribution < -0.4 is 10.2 Å². The molecular formula is C17H20Cl2N2. The number of rotatable bonds is 5. The molecule has 112 valence electrons. The first kappa shape index (κ1) is 16.2. The molecule has 0 amide bonds. The highest BCUT2D eigenvalue weighted by Gasteiger charge is 2.17. The number of benzene rings is 2. The summed E-state index contributed by atoms with van der Waals surface area (Å²) in [6, 6.07) is 14.2. The van der Waals surface area contributed by atoms with Crippen LogP contribution in [0.1, 0.15) is 24.1 Å². The second kappa shape index (κ2) is 7.17. The van der Waals surface area contributed by atoms with Crippen molar-refractivity contribution in [2.24, 2.45) is 0 Å². The van der Waals surface area contributed by atoms with Gasteiger partial charge in [0.1, 0.15) is 0 Å². The van der Waals surface area contributed by atoms with Gasteiger partial charge in [-0.2, -0.15) is 0 Å². The fraction of sp³-hybridized carbons (Fsp3) is 0.294. The molecule has 1 N–H and O–H groups in total. The molecule has 0 spiro atoms. The smallest absolute Gasteiger partial charge is 0.0642 e. The monoisotopic (exact) mass is 322 g/mol. The molecule has 2 aromatic carbocycles. The van der Waals surface area contributed by atoms with Gasteiger partial charge in [0.15, 0.2) is 0 Å². The normalized spacial score (nSPS) is 12.2. The molecule has 0 radical (unpaired) electrons. The molecule has 0 heterocycles. The van der Waals surface area contributed by atoms with Gasteiger partial charge in [-0.3, -0.25) is 0 Å². The van der Waals surface area contributed by atoms with E-state index in [-0.39, 0.29) is 6.04 Å². The van der Waals surface area contributed by atoms with Crippen molar-refractivity contribution in [1.82, 2.24) is 5.32 Å². The first-order chi connectivity index (χ1) is 10.0. The first-order valence-corrected chi connectivity index (χ1v) is 7.70. The molecule has 2 rings (SSSR count). The molecule has 1 atom stereocenters. The molecule has 0 aliphatic rings. The first-order valence-electron chi connectivity index (χ1n) is 6.95. The molecule has 0 aliphatic heterocycles. The topological polar surface area (TPSA) is 15.3 Å². The molecule has 1 unspecified atom stereocenters. The van der Waals surface area contributed by atoms with E-state index >= 15 is 0 Å².